The van der Waals surface area contributed by atoms with Gasteiger partial charge in [0.2, 0.25) is 5.91 Å². The van der Waals surface area contributed by atoms with Crippen molar-refractivity contribution in [2.24, 2.45) is 16.8 Å². The normalized spacial score (nSPS) is 14.6. The number of azide groups is 1. The van der Waals surface area contributed by atoms with Gasteiger partial charge in [0.25, 0.3) is 0 Å². The number of carbonyl (C=O) groups excluding carboxylic acids is 1. The van der Waals surface area contributed by atoms with E-state index in [0.717, 1.165) is 0 Å². The van der Waals surface area contributed by atoms with Crippen molar-refractivity contribution in [3.05, 3.63) is 10.4 Å². The van der Waals surface area contributed by atoms with Gasteiger partial charge < -0.3 is 10.8 Å². The molecular formula is C8H16N4O2. The monoisotopic (exact) mass is 200 g/mol. The Morgan fingerprint density at radius 3 is 2.57 bits per heavy atom. The summed E-state index contributed by atoms with van der Waals surface area (Å²) in [4.78, 5) is 13.2. The molecule has 0 spiro atoms. The molecule has 1 amide bonds. The number of hydrogen-bond acceptors (Lipinski definition) is 3. The first-order chi connectivity index (χ1) is 6.47. The fraction of sp³-hybridized carbons (Fsp3) is 0.875. The zero-order chi connectivity index (χ0) is 11.1. The van der Waals surface area contributed by atoms with Gasteiger partial charge in [-0.3, -0.25) is 4.79 Å². The van der Waals surface area contributed by atoms with Crippen LogP contribution in [0.4, 0.5) is 0 Å². The molecule has 3 N–H and O–H groups in total. The maximum Gasteiger partial charge on any atom is 0.220 e. The summed E-state index contributed by atoms with van der Waals surface area (Å²) >= 11 is 0. The van der Waals surface area contributed by atoms with E-state index in [1.807, 2.05) is 13.8 Å². The number of amides is 1. The van der Waals surface area contributed by atoms with Crippen molar-refractivity contribution in [1.29, 1.82) is 0 Å². The van der Waals surface area contributed by atoms with Crippen molar-refractivity contribution in [2.75, 3.05) is 0 Å². The summed E-state index contributed by atoms with van der Waals surface area (Å²) < 4.78 is 0. The second kappa shape index (κ2) is 6.23. The van der Waals surface area contributed by atoms with E-state index in [-0.39, 0.29) is 12.3 Å². The summed E-state index contributed by atoms with van der Waals surface area (Å²) in [6.07, 6.45) is -0.611. The Morgan fingerprint density at radius 1 is 1.64 bits per heavy atom. The average molecular weight is 200 g/mol. The molecule has 0 saturated heterocycles. The van der Waals surface area contributed by atoms with Crippen molar-refractivity contribution in [3.8, 4) is 0 Å². The maximum atomic E-state index is 10.5. The van der Waals surface area contributed by atoms with Crippen molar-refractivity contribution < 1.29 is 9.90 Å². The van der Waals surface area contributed by atoms with Gasteiger partial charge in [0.15, 0.2) is 0 Å². The molecule has 0 aliphatic carbocycles. The van der Waals surface area contributed by atoms with Crippen molar-refractivity contribution >= 4 is 5.91 Å². The molecule has 6 heteroatoms. The molecule has 14 heavy (non-hydrogen) atoms. The summed E-state index contributed by atoms with van der Waals surface area (Å²) in [5.41, 5.74) is 13.2. The third kappa shape index (κ3) is 5.40. The van der Waals surface area contributed by atoms with E-state index >= 15 is 0 Å². The van der Waals surface area contributed by atoms with Crippen LogP contribution in [0.1, 0.15) is 26.7 Å². The molecule has 80 valence electrons. The maximum absolute atomic E-state index is 10.5. The van der Waals surface area contributed by atoms with Crippen LogP contribution in [0.15, 0.2) is 5.11 Å². The Labute approximate surface area is 82.7 Å². The highest BCUT2D eigenvalue weighted by molar-refractivity contribution is 5.74. The minimum atomic E-state index is -0.981. The summed E-state index contributed by atoms with van der Waals surface area (Å²) in [5.74, 6) is -0.313. The summed E-state index contributed by atoms with van der Waals surface area (Å²) in [6, 6.07) is -0.576. The quantitative estimate of drug-likeness (QED) is 0.377. The molecular weight excluding hydrogens is 184 g/mol. The van der Waals surface area contributed by atoms with Gasteiger partial charge in [0.05, 0.1) is 18.6 Å². The van der Waals surface area contributed by atoms with Gasteiger partial charge in [-0.05, 0) is 17.9 Å². The average Bonchev–Trinajstić information content (AvgIpc) is 2.01. The number of aliphatic hydroxyl groups is 1. The van der Waals surface area contributed by atoms with E-state index < -0.39 is 18.1 Å². The summed E-state index contributed by atoms with van der Waals surface area (Å²) in [5, 5.41) is 12.9. The lowest BCUT2D eigenvalue weighted by Gasteiger charge is -2.18. The molecule has 0 aliphatic rings. The molecule has 0 fully saturated rings. The van der Waals surface area contributed by atoms with E-state index in [1.54, 1.807) is 0 Å². The van der Waals surface area contributed by atoms with Crippen LogP contribution in [-0.4, -0.2) is 23.2 Å². The molecule has 0 aromatic heterocycles. The van der Waals surface area contributed by atoms with E-state index in [9.17, 15) is 9.90 Å². The highest BCUT2D eigenvalue weighted by Crippen LogP contribution is 2.14. The van der Waals surface area contributed by atoms with Crippen LogP contribution in [0.2, 0.25) is 0 Å². The van der Waals surface area contributed by atoms with Gasteiger partial charge in [0, 0.05) is 4.91 Å². The van der Waals surface area contributed by atoms with Gasteiger partial charge in [0.1, 0.15) is 0 Å². The molecule has 0 radical (unpaired) electrons. The molecule has 0 aromatic carbocycles. The molecule has 0 unspecified atom stereocenters. The molecule has 0 aliphatic heterocycles. The number of nitrogens with two attached hydrogens (primary N) is 1. The fourth-order valence-corrected chi connectivity index (χ4v) is 1.17. The second-order valence-corrected chi connectivity index (χ2v) is 3.64. The van der Waals surface area contributed by atoms with Crippen molar-refractivity contribution in [1.82, 2.24) is 0 Å². The SMILES string of the molecule is CC(C)C[C@H](N=[N+]=[N-])[C@H](O)CC(N)=O. The van der Waals surface area contributed by atoms with Crippen LogP contribution in [-0.2, 0) is 4.79 Å². The van der Waals surface area contributed by atoms with Crippen LogP contribution >= 0.6 is 0 Å². The zero-order valence-electron chi connectivity index (χ0n) is 8.42. The summed E-state index contributed by atoms with van der Waals surface area (Å²) in [6.45, 7) is 3.88. The van der Waals surface area contributed by atoms with Crippen molar-refractivity contribution in [2.45, 2.75) is 38.8 Å². The lowest BCUT2D eigenvalue weighted by molar-refractivity contribution is -0.120. The summed E-state index contributed by atoms with van der Waals surface area (Å²) in [7, 11) is 0. The fourth-order valence-electron chi connectivity index (χ4n) is 1.17. The molecule has 0 saturated carbocycles. The van der Waals surface area contributed by atoms with Crippen molar-refractivity contribution in [3.63, 3.8) is 0 Å². The first-order valence-corrected chi connectivity index (χ1v) is 4.48. The molecule has 0 heterocycles. The van der Waals surface area contributed by atoms with Crippen LogP contribution < -0.4 is 5.73 Å². The van der Waals surface area contributed by atoms with E-state index in [0.29, 0.717) is 6.42 Å². The molecule has 0 aromatic rings. The van der Waals surface area contributed by atoms with Crippen LogP contribution in [0, 0.1) is 5.92 Å². The third-order valence-corrected chi connectivity index (χ3v) is 1.77. The smallest absolute Gasteiger partial charge is 0.220 e. The first kappa shape index (κ1) is 12.7. The van der Waals surface area contributed by atoms with Gasteiger partial charge in [-0.15, -0.1) is 0 Å². The van der Waals surface area contributed by atoms with Gasteiger partial charge in [-0.2, -0.15) is 0 Å². The Kier molecular flexibility index (Phi) is 5.67. The number of nitrogens with zero attached hydrogens (tertiary/aromatic N) is 3. The number of aliphatic hydroxyl groups excluding tert-OH is 1. The second-order valence-electron chi connectivity index (χ2n) is 3.64. The predicted molar refractivity (Wildman–Crippen MR) is 52.2 cm³/mol. The topological polar surface area (TPSA) is 112 Å². The Morgan fingerprint density at radius 2 is 2.21 bits per heavy atom. The Balaban J connectivity index is 4.31. The third-order valence-electron chi connectivity index (χ3n) is 1.77. The lowest BCUT2D eigenvalue weighted by Crippen LogP contribution is -2.30. The molecule has 2 atom stereocenters. The predicted octanol–water partition coefficient (Wildman–Crippen LogP) is 0.948. The van der Waals surface area contributed by atoms with Gasteiger partial charge in [-0.1, -0.05) is 19.0 Å². The van der Waals surface area contributed by atoms with Crippen LogP contribution in [0.3, 0.4) is 0 Å². The number of carbonyl (C=O) groups is 1. The number of hydrogen-bond donors (Lipinski definition) is 2. The Hall–Kier alpha value is -1.26. The number of rotatable bonds is 6. The number of primary amides is 1. The Bertz CT molecular complexity index is 235. The van der Waals surface area contributed by atoms with Crippen LogP contribution in [0.5, 0.6) is 0 Å². The molecule has 0 rings (SSSR count). The minimum absolute atomic E-state index is 0.170. The zero-order valence-corrected chi connectivity index (χ0v) is 8.42. The van der Waals surface area contributed by atoms with Gasteiger partial charge >= 0.3 is 0 Å². The highest BCUT2D eigenvalue weighted by Gasteiger charge is 2.20. The minimum Gasteiger partial charge on any atom is -0.392 e. The van der Waals surface area contributed by atoms with E-state index in [1.165, 1.54) is 0 Å². The van der Waals surface area contributed by atoms with E-state index in [4.69, 9.17) is 11.3 Å². The standard InChI is InChI=1S/C8H16N4O2/c1-5(2)3-6(11-12-10)7(13)4-8(9)14/h5-7,13H,3-4H2,1-2H3,(H2,9,14)/t6-,7+/m0/s1. The van der Waals surface area contributed by atoms with E-state index in [2.05, 4.69) is 10.0 Å². The van der Waals surface area contributed by atoms with Crippen LogP contribution in [0.25, 0.3) is 10.4 Å². The van der Waals surface area contributed by atoms with Gasteiger partial charge in [-0.25, -0.2) is 0 Å². The molecule has 6 nitrogen and oxygen atoms in total. The lowest BCUT2D eigenvalue weighted by atomic mass is 9.98. The largest absolute Gasteiger partial charge is 0.392 e. The highest BCUT2D eigenvalue weighted by atomic mass is 16.3. The molecule has 0 bridgehead atoms. The first-order valence-electron chi connectivity index (χ1n) is 4.48.